The van der Waals surface area contributed by atoms with Crippen molar-refractivity contribution < 1.29 is 28.9 Å². The van der Waals surface area contributed by atoms with E-state index < -0.39 is 17.9 Å². The van der Waals surface area contributed by atoms with E-state index in [1.165, 1.54) is 0 Å². The second-order valence-corrected chi connectivity index (χ2v) is 9.43. The average Bonchev–Trinajstić information content (AvgIpc) is 3.53. The molecule has 0 aliphatic carbocycles. The minimum Gasteiger partial charge on any atom is -0.497 e. The number of hydrogen-bond donors (Lipinski definition) is 2. The van der Waals surface area contributed by atoms with Gasteiger partial charge in [-0.3, -0.25) is 14.5 Å². The molecule has 2 N–H and O–H groups in total. The van der Waals surface area contributed by atoms with E-state index in [0.717, 1.165) is 16.7 Å². The Kier molecular flexibility index (Phi) is 7.01. The fourth-order valence-electron chi connectivity index (χ4n) is 5.37. The highest BCUT2D eigenvalue weighted by molar-refractivity contribution is 5.79. The number of fused-ring (bicyclic) bond motifs is 1. The summed E-state index contributed by atoms with van der Waals surface area (Å²) in [6.07, 6.45) is 0. The molecule has 8 heteroatoms. The number of benzene rings is 3. The molecule has 4 atom stereocenters. The van der Waals surface area contributed by atoms with Gasteiger partial charge in [-0.05, 0) is 47.9 Å². The van der Waals surface area contributed by atoms with Crippen molar-refractivity contribution in [2.45, 2.75) is 24.9 Å². The third kappa shape index (κ3) is 5.11. The number of carbonyl (C=O) groups is 2. The zero-order valence-electron chi connectivity index (χ0n) is 20.8. The molecule has 0 bridgehead atoms. The van der Waals surface area contributed by atoms with Gasteiger partial charge in [-0.2, -0.15) is 0 Å². The van der Waals surface area contributed by atoms with Crippen LogP contribution < -0.4 is 19.5 Å². The molecular weight excluding hydrogens is 472 g/mol. The summed E-state index contributed by atoms with van der Waals surface area (Å²) in [5, 5.41) is 13.5. The lowest BCUT2D eigenvalue weighted by Gasteiger charge is -2.27. The molecule has 2 aliphatic rings. The summed E-state index contributed by atoms with van der Waals surface area (Å²) in [7, 11) is 1.59. The van der Waals surface area contributed by atoms with Crippen LogP contribution in [0, 0.1) is 5.92 Å². The van der Waals surface area contributed by atoms with Crippen LogP contribution in [0.4, 0.5) is 0 Å². The first kappa shape index (κ1) is 24.6. The number of likely N-dealkylation sites (tertiary alicyclic amines) is 1. The molecule has 3 aromatic rings. The maximum absolute atomic E-state index is 13.2. The van der Waals surface area contributed by atoms with Crippen LogP contribution in [0.15, 0.2) is 72.8 Å². The summed E-state index contributed by atoms with van der Waals surface area (Å²) < 4.78 is 16.3. The first-order chi connectivity index (χ1) is 17.9. The molecule has 0 aromatic heterocycles. The lowest BCUT2D eigenvalue weighted by molar-refractivity contribution is -0.143. The van der Waals surface area contributed by atoms with Gasteiger partial charge in [0.25, 0.3) is 0 Å². The van der Waals surface area contributed by atoms with Crippen LogP contribution in [0.1, 0.15) is 41.6 Å². The molecule has 3 aromatic carbocycles. The Balaban J connectivity index is 1.45. The Morgan fingerprint density at radius 1 is 1.03 bits per heavy atom. The summed E-state index contributed by atoms with van der Waals surface area (Å²) in [4.78, 5) is 27.8. The summed E-state index contributed by atoms with van der Waals surface area (Å²) in [5.41, 5.74) is 2.67. The molecule has 1 saturated heterocycles. The van der Waals surface area contributed by atoms with Crippen LogP contribution >= 0.6 is 0 Å². The number of amides is 1. The maximum Gasteiger partial charge on any atom is 0.309 e. The maximum atomic E-state index is 13.2. The van der Waals surface area contributed by atoms with E-state index in [-0.39, 0.29) is 31.2 Å². The van der Waals surface area contributed by atoms with E-state index in [2.05, 4.69) is 5.32 Å². The van der Waals surface area contributed by atoms with Gasteiger partial charge in [-0.15, -0.1) is 0 Å². The third-order valence-corrected chi connectivity index (χ3v) is 7.19. The predicted molar refractivity (Wildman–Crippen MR) is 137 cm³/mol. The van der Waals surface area contributed by atoms with Crippen molar-refractivity contribution in [3.05, 3.63) is 89.5 Å². The molecule has 1 amide bonds. The molecule has 5 rings (SSSR count). The van der Waals surface area contributed by atoms with E-state index >= 15 is 0 Å². The summed E-state index contributed by atoms with van der Waals surface area (Å²) in [5.74, 6) is -0.259. The zero-order chi connectivity index (χ0) is 25.9. The van der Waals surface area contributed by atoms with E-state index in [0.29, 0.717) is 23.8 Å². The number of methoxy groups -OCH3 is 1. The lowest BCUT2D eigenvalue weighted by Crippen LogP contribution is -2.39. The third-order valence-electron chi connectivity index (χ3n) is 7.19. The number of carbonyl (C=O) groups excluding carboxylic acids is 1. The molecule has 192 valence electrons. The van der Waals surface area contributed by atoms with Gasteiger partial charge in [0.1, 0.15) is 5.75 Å². The minimum absolute atomic E-state index is 0.0682. The molecule has 2 heterocycles. The number of carboxylic acid groups (broad SMARTS) is 1. The quantitative estimate of drug-likeness (QED) is 0.478. The molecule has 2 aliphatic heterocycles. The van der Waals surface area contributed by atoms with Gasteiger partial charge in [-0.1, -0.05) is 48.5 Å². The SMILES string of the molecule is COc1ccc([C@@H]2[C@@H](C(=O)O)[C@H](c3ccc4c(c3)OCO4)CN2CC(=O)NC(C)c2ccccc2)cc1. The average molecular weight is 503 g/mol. The van der Waals surface area contributed by atoms with Crippen LogP contribution in [0.25, 0.3) is 0 Å². The summed E-state index contributed by atoms with van der Waals surface area (Å²) in [6.45, 7) is 2.55. The van der Waals surface area contributed by atoms with Crippen LogP contribution in [-0.4, -0.2) is 48.9 Å². The van der Waals surface area contributed by atoms with Gasteiger partial charge >= 0.3 is 5.97 Å². The van der Waals surface area contributed by atoms with Gasteiger partial charge < -0.3 is 24.6 Å². The van der Waals surface area contributed by atoms with E-state index in [1.807, 2.05) is 84.6 Å². The van der Waals surface area contributed by atoms with Crippen LogP contribution in [0.5, 0.6) is 17.2 Å². The second kappa shape index (κ2) is 10.5. The van der Waals surface area contributed by atoms with Gasteiger partial charge in [0.05, 0.1) is 25.6 Å². The molecule has 0 saturated carbocycles. The molecule has 8 nitrogen and oxygen atoms in total. The topological polar surface area (TPSA) is 97.3 Å². The second-order valence-electron chi connectivity index (χ2n) is 9.43. The largest absolute Gasteiger partial charge is 0.497 e. The molecular formula is C29H30N2O6. The number of nitrogens with zero attached hydrogens (tertiary/aromatic N) is 1. The normalized spacial score (nSPS) is 21.4. The molecule has 1 unspecified atom stereocenters. The van der Waals surface area contributed by atoms with Crippen molar-refractivity contribution in [1.82, 2.24) is 10.2 Å². The monoisotopic (exact) mass is 502 g/mol. The van der Waals surface area contributed by atoms with Gasteiger partial charge in [0, 0.05) is 18.5 Å². The number of aliphatic carboxylic acids is 1. The highest BCUT2D eigenvalue weighted by Crippen LogP contribution is 2.47. The van der Waals surface area contributed by atoms with Crippen LogP contribution in [0.2, 0.25) is 0 Å². The number of ether oxygens (including phenoxy) is 3. The number of carboxylic acids is 1. The van der Waals surface area contributed by atoms with Gasteiger partial charge in [0.2, 0.25) is 12.7 Å². The van der Waals surface area contributed by atoms with Gasteiger partial charge in [-0.25, -0.2) is 0 Å². The Morgan fingerprint density at radius 2 is 1.73 bits per heavy atom. The number of nitrogens with one attached hydrogen (secondary N) is 1. The van der Waals surface area contributed by atoms with E-state index in [4.69, 9.17) is 14.2 Å². The Labute approximate surface area is 215 Å². The summed E-state index contributed by atoms with van der Waals surface area (Å²) >= 11 is 0. The van der Waals surface area contributed by atoms with Crippen molar-refractivity contribution in [2.75, 3.05) is 27.0 Å². The predicted octanol–water partition coefficient (Wildman–Crippen LogP) is 4.14. The zero-order valence-corrected chi connectivity index (χ0v) is 20.8. The molecule has 0 radical (unpaired) electrons. The fraction of sp³-hybridized carbons (Fsp3) is 0.310. The highest BCUT2D eigenvalue weighted by atomic mass is 16.7. The standard InChI is InChI=1S/C29H30N2O6/c1-18(19-6-4-3-5-7-19)30-26(32)16-31-15-23(21-10-13-24-25(14-21)37-17-36-24)27(29(33)34)28(31)20-8-11-22(35-2)12-9-20/h3-14,18,23,27-28H,15-17H2,1-2H3,(H,30,32)(H,33,34)/t18?,23-,27-,28+/m0/s1. The first-order valence-electron chi connectivity index (χ1n) is 12.3. The smallest absolute Gasteiger partial charge is 0.309 e. The van der Waals surface area contributed by atoms with Crippen LogP contribution in [0.3, 0.4) is 0 Å². The van der Waals surface area contributed by atoms with Crippen LogP contribution in [-0.2, 0) is 9.59 Å². The fourth-order valence-corrected chi connectivity index (χ4v) is 5.37. The Hall–Kier alpha value is -4.04. The molecule has 0 spiro atoms. The van der Waals surface area contributed by atoms with Crippen molar-refractivity contribution in [1.29, 1.82) is 0 Å². The summed E-state index contributed by atoms with van der Waals surface area (Å²) in [6, 6.07) is 22.0. The van der Waals surface area contributed by atoms with E-state index in [1.54, 1.807) is 7.11 Å². The van der Waals surface area contributed by atoms with Crippen molar-refractivity contribution in [3.8, 4) is 17.2 Å². The number of hydrogen-bond acceptors (Lipinski definition) is 6. The lowest BCUT2D eigenvalue weighted by atomic mass is 9.82. The van der Waals surface area contributed by atoms with Gasteiger partial charge in [0.15, 0.2) is 11.5 Å². The van der Waals surface area contributed by atoms with E-state index in [9.17, 15) is 14.7 Å². The van der Waals surface area contributed by atoms with Crippen molar-refractivity contribution in [3.63, 3.8) is 0 Å². The number of rotatable bonds is 8. The highest BCUT2D eigenvalue weighted by Gasteiger charge is 2.48. The van der Waals surface area contributed by atoms with Crippen molar-refractivity contribution >= 4 is 11.9 Å². The molecule has 1 fully saturated rings. The minimum atomic E-state index is -0.913. The molecule has 37 heavy (non-hydrogen) atoms. The first-order valence-corrected chi connectivity index (χ1v) is 12.3. The Morgan fingerprint density at radius 3 is 2.43 bits per heavy atom. The van der Waals surface area contributed by atoms with Crippen molar-refractivity contribution in [2.24, 2.45) is 5.92 Å². The Bertz CT molecular complexity index is 1260.